The van der Waals surface area contributed by atoms with E-state index in [1.54, 1.807) is 29.7 Å². The number of fused-ring (bicyclic) bond motifs is 1. The van der Waals surface area contributed by atoms with E-state index in [2.05, 4.69) is 13.5 Å². The number of aliphatic hydroxyl groups excluding tert-OH is 1. The summed E-state index contributed by atoms with van der Waals surface area (Å²) >= 11 is 1.69. The van der Waals surface area contributed by atoms with Gasteiger partial charge < -0.3 is 19.6 Å². The molecule has 2 amide bonds. The summed E-state index contributed by atoms with van der Waals surface area (Å²) in [5.74, 6) is -1.31. The minimum Gasteiger partial charge on any atom is -0.466 e. The van der Waals surface area contributed by atoms with Crippen molar-refractivity contribution in [2.75, 3.05) is 26.3 Å². The first-order valence-electron chi connectivity index (χ1n) is 12.7. The van der Waals surface area contributed by atoms with Gasteiger partial charge in [-0.1, -0.05) is 25.8 Å². The molecule has 1 spiro atoms. The SMILES string of the molecule is C=CCN(C(=O)C1N(CCCCCCO)C(=O)[C@@H]2[C@@H](C(=O)OCC)[C@H]3CC(C)C12S3)C(C)(C)C. The highest BCUT2D eigenvalue weighted by molar-refractivity contribution is 8.02. The highest BCUT2D eigenvalue weighted by Crippen LogP contribution is 2.68. The molecule has 0 saturated carbocycles. The Morgan fingerprint density at radius 1 is 1.29 bits per heavy atom. The fourth-order valence-electron chi connectivity index (χ4n) is 6.26. The highest BCUT2D eigenvalue weighted by atomic mass is 32.2. The average Bonchev–Trinajstić information content (AvgIpc) is 3.35. The predicted octanol–water partition coefficient (Wildman–Crippen LogP) is 3.25. The van der Waals surface area contributed by atoms with Crippen molar-refractivity contribution in [1.82, 2.24) is 9.80 Å². The molecule has 1 N–H and O–H groups in total. The summed E-state index contributed by atoms with van der Waals surface area (Å²) in [5.41, 5.74) is -0.430. The van der Waals surface area contributed by atoms with Gasteiger partial charge in [-0.25, -0.2) is 0 Å². The molecule has 0 radical (unpaired) electrons. The fraction of sp³-hybridized carbons (Fsp3) is 0.808. The van der Waals surface area contributed by atoms with Crippen LogP contribution in [0.15, 0.2) is 12.7 Å². The average molecular weight is 495 g/mol. The first-order valence-corrected chi connectivity index (χ1v) is 13.6. The van der Waals surface area contributed by atoms with Crippen LogP contribution >= 0.6 is 11.8 Å². The lowest BCUT2D eigenvalue weighted by Crippen LogP contribution is -2.60. The Balaban J connectivity index is 2.01. The topological polar surface area (TPSA) is 87.2 Å². The van der Waals surface area contributed by atoms with Gasteiger partial charge in [0.25, 0.3) is 0 Å². The number of ether oxygens (including phenoxy) is 1. The van der Waals surface area contributed by atoms with E-state index in [0.29, 0.717) is 13.1 Å². The van der Waals surface area contributed by atoms with Gasteiger partial charge in [0.05, 0.1) is 23.2 Å². The summed E-state index contributed by atoms with van der Waals surface area (Å²) in [6.07, 6.45) is 5.81. The molecule has 3 heterocycles. The predicted molar refractivity (Wildman–Crippen MR) is 134 cm³/mol. The van der Waals surface area contributed by atoms with Crippen LogP contribution in [0.5, 0.6) is 0 Å². The van der Waals surface area contributed by atoms with E-state index >= 15 is 0 Å². The highest BCUT2D eigenvalue weighted by Gasteiger charge is 2.76. The van der Waals surface area contributed by atoms with Crippen molar-refractivity contribution < 1.29 is 24.2 Å². The van der Waals surface area contributed by atoms with Gasteiger partial charge in [0.2, 0.25) is 11.8 Å². The first kappa shape index (κ1) is 27.1. The number of unbranched alkanes of at least 4 members (excludes halogenated alkanes) is 3. The van der Waals surface area contributed by atoms with Gasteiger partial charge >= 0.3 is 5.97 Å². The number of hydrogen-bond donors (Lipinski definition) is 1. The van der Waals surface area contributed by atoms with Crippen molar-refractivity contribution in [3.8, 4) is 0 Å². The lowest BCUT2D eigenvalue weighted by molar-refractivity contribution is -0.154. The molecule has 3 saturated heterocycles. The molecule has 0 aromatic carbocycles. The second-order valence-electron chi connectivity index (χ2n) is 10.9. The smallest absolute Gasteiger partial charge is 0.310 e. The lowest BCUT2D eigenvalue weighted by atomic mass is 9.66. The van der Waals surface area contributed by atoms with Gasteiger partial charge in [-0.2, -0.15) is 0 Å². The zero-order valence-corrected chi connectivity index (χ0v) is 22.2. The molecule has 3 unspecified atom stereocenters. The number of likely N-dealkylation sites (tertiary alicyclic amines) is 1. The molecule has 34 heavy (non-hydrogen) atoms. The third kappa shape index (κ3) is 4.52. The quantitative estimate of drug-likeness (QED) is 0.270. The number of esters is 1. The van der Waals surface area contributed by atoms with Crippen LogP contribution in [0, 0.1) is 17.8 Å². The zero-order valence-electron chi connectivity index (χ0n) is 21.4. The number of carbonyl (C=O) groups is 3. The van der Waals surface area contributed by atoms with Crippen molar-refractivity contribution in [3.63, 3.8) is 0 Å². The molecule has 7 nitrogen and oxygen atoms in total. The number of amides is 2. The van der Waals surface area contributed by atoms with Gasteiger partial charge in [-0.3, -0.25) is 14.4 Å². The third-order valence-corrected chi connectivity index (χ3v) is 9.81. The van der Waals surface area contributed by atoms with Crippen molar-refractivity contribution in [3.05, 3.63) is 12.7 Å². The normalized spacial score (nSPS) is 32.1. The summed E-state index contributed by atoms with van der Waals surface area (Å²) in [4.78, 5) is 44.9. The van der Waals surface area contributed by atoms with Crippen molar-refractivity contribution in [1.29, 1.82) is 0 Å². The standard InChI is InChI=1S/C26H42N2O5S/c1-7-13-28(25(4,5)6)23(31)21-26-17(3)16-18(34-26)19(24(32)33-8-2)20(26)22(30)27(21)14-11-9-10-12-15-29/h7,17-21,29H,1,8-16H2,2-6H3/t17?,18-,19+,20+,21?,26?/m1/s1. The number of hydrogen-bond acceptors (Lipinski definition) is 6. The molecule has 2 bridgehead atoms. The van der Waals surface area contributed by atoms with Crippen LogP contribution in [0.25, 0.3) is 0 Å². The van der Waals surface area contributed by atoms with E-state index in [1.807, 2.05) is 25.7 Å². The molecule has 0 aliphatic carbocycles. The zero-order chi connectivity index (χ0) is 25.3. The number of thioether (sulfide) groups is 1. The Morgan fingerprint density at radius 2 is 1.97 bits per heavy atom. The molecule has 6 atom stereocenters. The summed E-state index contributed by atoms with van der Waals surface area (Å²) in [6.45, 7) is 15.1. The Morgan fingerprint density at radius 3 is 2.56 bits per heavy atom. The van der Waals surface area contributed by atoms with Crippen LogP contribution in [-0.2, 0) is 19.1 Å². The lowest BCUT2D eigenvalue weighted by Gasteiger charge is -2.44. The van der Waals surface area contributed by atoms with Crippen LogP contribution in [0.3, 0.4) is 0 Å². The van der Waals surface area contributed by atoms with E-state index in [1.165, 1.54) is 0 Å². The second-order valence-corrected chi connectivity index (χ2v) is 12.4. The van der Waals surface area contributed by atoms with Crippen LogP contribution in [0.1, 0.15) is 66.7 Å². The maximum atomic E-state index is 14.3. The van der Waals surface area contributed by atoms with Gasteiger partial charge in [0.1, 0.15) is 6.04 Å². The number of rotatable bonds is 11. The van der Waals surface area contributed by atoms with E-state index < -0.39 is 28.2 Å². The molecule has 3 aliphatic rings. The number of carbonyl (C=O) groups excluding carboxylic acids is 3. The van der Waals surface area contributed by atoms with E-state index in [-0.39, 0.29) is 42.2 Å². The summed E-state index contributed by atoms with van der Waals surface area (Å²) in [5, 5.41) is 9.09. The van der Waals surface area contributed by atoms with Crippen LogP contribution in [0.2, 0.25) is 0 Å². The minimum absolute atomic E-state index is 0.00694. The minimum atomic E-state index is -0.619. The molecular weight excluding hydrogens is 452 g/mol. The molecule has 3 rings (SSSR count). The molecule has 192 valence electrons. The molecule has 0 aromatic heterocycles. The van der Waals surface area contributed by atoms with Gasteiger partial charge in [0.15, 0.2) is 0 Å². The Labute approximate surface area is 208 Å². The van der Waals surface area contributed by atoms with Gasteiger partial charge in [-0.05, 0) is 52.9 Å². The molecular formula is C26H42N2O5S. The second kappa shape index (κ2) is 10.6. The summed E-state index contributed by atoms with van der Waals surface area (Å²) in [6, 6.07) is -0.605. The van der Waals surface area contributed by atoms with Crippen molar-refractivity contribution in [2.45, 2.75) is 88.3 Å². The summed E-state index contributed by atoms with van der Waals surface area (Å²) in [7, 11) is 0. The third-order valence-electron chi connectivity index (χ3n) is 7.73. The monoisotopic (exact) mass is 494 g/mol. The van der Waals surface area contributed by atoms with Crippen molar-refractivity contribution in [2.24, 2.45) is 17.8 Å². The van der Waals surface area contributed by atoms with E-state index in [9.17, 15) is 14.4 Å². The molecule has 3 fully saturated rings. The Hall–Kier alpha value is -1.54. The molecule has 0 aromatic rings. The van der Waals surface area contributed by atoms with Gasteiger partial charge in [-0.15, -0.1) is 18.3 Å². The largest absolute Gasteiger partial charge is 0.466 e. The van der Waals surface area contributed by atoms with E-state index in [4.69, 9.17) is 9.84 Å². The van der Waals surface area contributed by atoms with Crippen molar-refractivity contribution >= 4 is 29.5 Å². The fourth-order valence-corrected chi connectivity index (χ4v) is 8.67. The van der Waals surface area contributed by atoms with Gasteiger partial charge in [0, 0.05) is 30.5 Å². The number of nitrogens with zero attached hydrogens (tertiary/aromatic N) is 2. The number of aliphatic hydroxyl groups is 1. The Kier molecular flexibility index (Phi) is 8.44. The maximum Gasteiger partial charge on any atom is 0.310 e. The van der Waals surface area contributed by atoms with Crippen LogP contribution < -0.4 is 0 Å². The first-order chi connectivity index (χ1) is 16.1. The summed E-state index contributed by atoms with van der Waals surface area (Å²) < 4.78 is 4.79. The molecule has 3 aliphatic heterocycles. The van der Waals surface area contributed by atoms with E-state index in [0.717, 1.165) is 32.1 Å². The van der Waals surface area contributed by atoms with Crippen LogP contribution in [-0.4, -0.2) is 80.6 Å². The maximum absolute atomic E-state index is 14.3. The Bertz CT molecular complexity index is 797. The van der Waals surface area contributed by atoms with Crippen LogP contribution in [0.4, 0.5) is 0 Å². The molecule has 8 heteroatoms.